The van der Waals surface area contributed by atoms with E-state index in [1.807, 2.05) is 6.07 Å². The molecule has 1 amide bonds. The fourth-order valence-electron chi connectivity index (χ4n) is 2.24. The predicted octanol–water partition coefficient (Wildman–Crippen LogP) is 0.456. The Morgan fingerprint density at radius 1 is 1.46 bits per heavy atom. The summed E-state index contributed by atoms with van der Waals surface area (Å²) < 4.78 is 5.12. The molecule has 3 rings (SSSR count). The average Bonchev–Trinajstić information content (AvgIpc) is 3.05. The summed E-state index contributed by atoms with van der Waals surface area (Å²) in [5.74, 6) is -0.0591. The number of aromatic amines is 2. The molecule has 0 bridgehead atoms. The molecule has 0 unspecified atom stereocenters. The number of aromatic nitrogens is 4. The van der Waals surface area contributed by atoms with Crippen molar-refractivity contribution < 1.29 is 9.53 Å². The number of amides is 1. The van der Waals surface area contributed by atoms with E-state index in [-0.39, 0.29) is 23.3 Å². The van der Waals surface area contributed by atoms with Crippen LogP contribution in [0.5, 0.6) is 5.75 Å². The molecule has 0 saturated heterocycles. The number of methoxy groups -OCH3 is 1. The Bertz CT molecular complexity index is 1010. The summed E-state index contributed by atoms with van der Waals surface area (Å²) in [5.41, 5.74) is 0.919. The first kappa shape index (κ1) is 15.2. The minimum Gasteiger partial charge on any atom is -0.495 e. The summed E-state index contributed by atoms with van der Waals surface area (Å²) in [4.78, 5) is 30.4. The number of H-pyrrole nitrogens is 2. The number of benzene rings is 1. The predicted molar refractivity (Wildman–Crippen MR) is 83.4 cm³/mol. The van der Waals surface area contributed by atoms with Gasteiger partial charge >= 0.3 is 0 Å². The number of nitrogens with one attached hydrogen (secondary N) is 3. The van der Waals surface area contributed by atoms with E-state index >= 15 is 0 Å². The molecule has 0 aliphatic rings. The Morgan fingerprint density at radius 3 is 3.04 bits per heavy atom. The zero-order valence-electron chi connectivity index (χ0n) is 12.6. The molecule has 0 fully saturated rings. The van der Waals surface area contributed by atoms with Crippen LogP contribution in [0, 0.1) is 11.3 Å². The van der Waals surface area contributed by atoms with Gasteiger partial charge in [-0.1, -0.05) is 6.07 Å². The molecule has 0 aliphatic carbocycles. The second-order valence-corrected chi connectivity index (χ2v) is 4.86. The maximum atomic E-state index is 12.3. The zero-order chi connectivity index (χ0) is 17.1. The van der Waals surface area contributed by atoms with Crippen molar-refractivity contribution in [3.05, 3.63) is 51.7 Å². The second kappa shape index (κ2) is 6.21. The van der Waals surface area contributed by atoms with Gasteiger partial charge in [0.1, 0.15) is 22.9 Å². The van der Waals surface area contributed by atoms with Gasteiger partial charge in [0.05, 0.1) is 19.0 Å². The molecular formula is C15H12N6O3. The molecule has 120 valence electrons. The topological polar surface area (TPSA) is 137 Å². The molecule has 9 heteroatoms. The average molecular weight is 324 g/mol. The number of carbonyl (C=O) groups excluding carboxylic acids is 1. The lowest BCUT2D eigenvalue weighted by molar-refractivity contribution is 0.0947. The van der Waals surface area contributed by atoms with Gasteiger partial charge in [-0.05, 0) is 17.7 Å². The molecule has 0 aliphatic heterocycles. The molecule has 0 spiro atoms. The summed E-state index contributed by atoms with van der Waals surface area (Å²) in [6.45, 7) is 0.194. The van der Waals surface area contributed by atoms with Crippen LogP contribution in [0.4, 0.5) is 0 Å². The molecule has 3 N–H and O–H groups in total. The normalized spacial score (nSPS) is 10.3. The van der Waals surface area contributed by atoms with Crippen LogP contribution >= 0.6 is 0 Å². The molecule has 2 heterocycles. The lowest BCUT2D eigenvalue weighted by atomic mass is 10.1. The van der Waals surface area contributed by atoms with Crippen molar-refractivity contribution in [1.29, 1.82) is 5.26 Å². The minimum atomic E-state index is -0.487. The van der Waals surface area contributed by atoms with E-state index in [0.29, 0.717) is 11.3 Å². The highest BCUT2D eigenvalue weighted by molar-refractivity contribution is 6.03. The molecular weight excluding hydrogens is 312 g/mol. The van der Waals surface area contributed by atoms with Gasteiger partial charge in [0.2, 0.25) is 0 Å². The SMILES string of the molecule is COc1cc(CNC(=O)c2[nH]nc3nc[nH]c(=O)c23)ccc1C#N. The van der Waals surface area contributed by atoms with Crippen LogP contribution in [0.25, 0.3) is 11.0 Å². The van der Waals surface area contributed by atoms with Crippen LogP contribution in [0.3, 0.4) is 0 Å². The highest BCUT2D eigenvalue weighted by Crippen LogP contribution is 2.19. The monoisotopic (exact) mass is 324 g/mol. The van der Waals surface area contributed by atoms with Crippen molar-refractivity contribution in [3.8, 4) is 11.8 Å². The van der Waals surface area contributed by atoms with Crippen LogP contribution in [-0.2, 0) is 6.54 Å². The maximum Gasteiger partial charge on any atom is 0.270 e. The molecule has 0 atom stereocenters. The Balaban J connectivity index is 1.81. The number of nitriles is 1. The van der Waals surface area contributed by atoms with Gasteiger partial charge in [0, 0.05) is 6.54 Å². The molecule has 9 nitrogen and oxygen atoms in total. The maximum absolute atomic E-state index is 12.3. The van der Waals surface area contributed by atoms with E-state index in [0.717, 1.165) is 5.56 Å². The van der Waals surface area contributed by atoms with E-state index in [2.05, 4.69) is 25.5 Å². The van der Waals surface area contributed by atoms with Crippen molar-refractivity contribution in [1.82, 2.24) is 25.5 Å². The van der Waals surface area contributed by atoms with Crippen LogP contribution in [0.15, 0.2) is 29.3 Å². The molecule has 0 radical (unpaired) electrons. The smallest absolute Gasteiger partial charge is 0.270 e. The molecule has 2 aromatic heterocycles. The number of hydrogen-bond acceptors (Lipinski definition) is 6. The molecule has 3 aromatic rings. The third-order valence-electron chi connectivity index (χ3n) is 3.42. The van der Waals surface area contributed by atoms with E-state index in [1.54, 1.807) is 18.2 Å². The van der Waals surface area contributed by atoms with Crippen molar-refractivity contribution in [2.75, 3.05) is 7.11 Å². The molecule has 1 aromatic carbocycles. The van der Waals surface area contributed by atoms with E-state index in [4.69, 9.17) is 10.00 Å². The summed E-state index contributed by atoms with van der Waals surface area (Å²) >= 11 is 0. The van der Waals surface area contributed by atoms with Gasteiger partial charge in [-0.3, -0.25) is 14.7 Å². The largest absolute Gasteiger partial charge is 0.495 e. The fraction of sp³-hybridized carbons (Fsp3) is 0.133. The number of ether oxygens (including phenoxy) is 1. The summed E-state index contributed by atoms with van der Waals surface area (Å²) in [6.07, 6.45) is 1.22. The highest BCUT2D eigenvalue weighted by Gasteiger charge is 2.17. The number of carbonyl (C=O) groups is 1. The van der Waals surface area contributed by atoms with E-state index < -0.39 is 11.5 Å². The van der Waals surface area contributed by atoms with E-state index in [9.17, 15) is 9.59 Å². The minimum absolute atomic E-state index is 0.0416. The zero-order valence-corrected chi connectivity index (χ0v) is 12.6. The number of hydrogen-bond donors (Lipinski definition) is 3. The Kier molecular flexibility index (Phi) is 3.94. The summed E-state index contributed by atoms with van der Waals surface area (Å²) in [7, 11) is 1.47. The summed E-state index contributed by atoms with van der Waals surface area (Å²) in [5, 5.41) is 18.1. The Labute approximate surface area is 135 Å². The standard InChI is InChI=1S/C15H12N6O3/c1-24-10-4-8(2-3-9(10)5-16)6-17-15(23)12-11-13(21-20-12)18-7-19-14(11)22/h2-4,7H,6H2,1H3,(H,17,23)(H2,18,19,20,21,22). The van der Waals surface area contributed by atoms with Gasteiger partial charge in [-0.25, -0.2) is 4.98 Å². The van der Waals surface area contributed by atoms with Gasteiger partial charge in [0.25, 0.3) is 11.5 Å². The van der Waals surface area contributed by atoms with Crippen molar-refractivity contribution >= 4 is 16.9 Å². The summed E-state index contributed by atoms with van der Waals surface area (Å²) in [6, 6.07) is 7.00. The first-order valence-electron chi connectivity index (χ1n) is 6.91. The second-order valence-electron chi connectivity index (χ2n) is 4.86. The quantitative estimate of drug-likeness (QED) is 0.637. The third kappa shape index (κ3) is 2.68. The lowest BCUT2D eigenvalue weighted by Crippen LogP contribution is -2.24. The van der Waals surface area contributed by atoms with Crippen molar-refractivity contribution in [3.63, 3.8) is 0 Å². The van der Waals surface area contributed by atoms with Crippen LogP contribution in [0.1, 0.15) is 21.6 Å². The molecule has 0 saturated carbocycles. The van der Waals surface area contributed by atoms with Crippen molar-refractivity contribution in [2.24, 2.45) is 0 Å². The third-order valence-corrected chi connectivity index (χ3v) is 3.42. The van der Waals surface area contributed by atoms with Crippen LogP contribution < -0.4 is 15.6 Å². The van der Waals surface area contributed by atoms with Crippen LogP contribution in [-0.4, -0.2) is 33.2 Å². The highest BCUT2D eigenvalue weighted by atomic mass is 16.5. The van der Waals surface area contributed by atoms with Gasteiger partial charge < -0.3 is 15.0 Å². The Morgan fingerprint density at radius 2 is 2.29 bits per heavy atom. The van der Waals surface area contributed by atoms with Gasteiger partial charge in [0.15, 0.2) is 5.65 Å². The lowest BCUT2D eigenvalue weighted by Gasteiger charge is -2.07. The molecule has 24 heavy (non-hydrogen) atoms. The van der Waals surface area contributed by atoms with Gasteiger partial charge in [-0.2, -0.15) is 10.4 Å². The first-order valence-corrected chi connectivity index (χ1v) is 6.91. The van der Waals surface area contributed by atoms with Crippen LogP contribution in [0.2, 0.25) is 0 Å². The fourth-order valence-corrected chi connectivity index (χ4v) is 2.24. The Hall–Kier alpha value is -3.67. The first-order chi connectivity index (χ1) is 11.6. The number of rotatable bonds is 4. The van der Waals surface area contributed by atoms with Crippen molar-refractivity contribution in [2.45, 2.75) is 6.54 Å². The van der Waals surface area contributed by atoms with E-state index in [1.165, 1.54) is 13.4 Å². The van der Waals surface area contributed by atoms with Gasteiger partial charge in [-0.15, -0.1) is 0 Å². The number of fused-ring (bicyclic) bond motifs is 1. The number of nitrogens with zero attached hydrogens (tertiary/aromatic N) is 3.